The van der Waals surface area contributed by atoms with Gasteiger partial charge in [-0.2, -0.15) is 5.10 Å². The summed E-state index contributed by atoms with van der Waals surface area (Å²) in [6, 6.07) is 3.64. The van der Waals surface area contributed by atoms with Crippen LogP contribution in [-0.2, 0) is 4.79 Å². The van der Waals surface area contributed by atoms with E-state index in [0.717, 1.165) is 5.56 Å². The first-order valence-corrected chi connectivity index (χ1v) is 4.90. The molecular formula is C11H15N3O. The lowest BCUT2D eigenvalue weighted by Crippen LogP contribution is -2.19. The highest BCUT2D eigenvalue weighted by Gasteiger charge is 2.01. The summed E-state index contributed by atoms with van der Waals surface area (Å²) >= 11 is 0. The molecule has 0 saturated heterocycles. The van der Waals surface area contributed by atoms with Crippen LogP contribution in [0.2, 0.25) is 0 Å². The molecule has 1 N–H and O–H groups in total. The zero-order chi connectivity index (χ0) is 11.1. The first-order valence-electron chi connectivity index (χ1n) is 4.90. The number of hydrazone groups is 1. The lowest BCUT2D eigenvalue weighted by atomic mass is 10.1. The number of carbonyl (C=O) groups is 1. The molecule has 80 valence electrons. The third kappa shape index (κ3) is 4.90. The van der Waals surface area contributed by atoms with E-state index in [0.29, 0.717) is 12.3 Å². The van der Waals surface area contributed by atoms with Gasteiger partial charge < -0.3 is 0 Å². The predicted octanol–water partition coefficient (Wildman–Crippen LogP) is 1.58. The van der Waals surface area contributed by atoms with Gasteiger partial charge in [0.25, 0.3) is 0 Å². The van der Waals surface area contributed by atoms with E-state index in [1.807, 2.05) is 26.0 Å². The zero-order valence-corrected chi connectivity index (χ0v) is 8.97. The Labute approximate surface area is 89.4 Å². The third-order valence-corrected chi connectivity index (χ3v) is 1.70. The molecule has 0 aliphatic carbocycles. The Morgan fingerprint density at radius 1 is 1.53 bits per heavy atom. The van der Waals surface area contributed by atoms with Crippen LogP contribution >= 0.6 is 0 Å². The maximum Gasteiger partial charge on any atom is 0.240 e. The molecule has 0 unspecified atom stereocenters. The molecule has 1 rings (SSSR count). The summed E-state index contributed by atoms with van der Waals surface area (Å²) < 4.78 is 0. The second kappa shape index (κ2) is 5.90. The topological polar surface area (TPSA) is 54.4 Å². The van der Waals surface area contributed by atoms with Gasteiger partial charge in [-0.3, -0.25) is 9.78 Å². The fourth-order valence-corrected chi connectivity index (χ4v) is 1.04. The number of amides is 1. The van der Waals surface area contributed by atoms with E-state index in [2.05, 4.69) is 15.5 Å². The van der Waals surface area contributed by atoms with Crippen molar-refractivity contribution in [2.45, 2.75) is 20.3 Å². The Kier molecular flexibility index (Phi) is 4.47. The molecule has 4 nitrogen and oxygen atoms in total. The fourth-order valence-electron chi connectivity index (χ4n) is 1.04. The molecule has 1 aromatic rings. The molecule has 0 aliphatic rings. The quantitative estimate of drug-likeness (QED) is 0.599. The minimum atomic E-state index is -0.0599. The third-order valence-electron chi connectivity index (χ3n) is 1.70. The minimum Gasteiger partial charge on any atom is -0.273 e. The molecule has 0 fully saturated rings. The molecule has 0 spiro atoms. The number of rotatable bonds is 4. The van der Waals surface area contributed by atoms with Gasteiger partial charge in [-0.05, 0) is 23.6 Å². The number of nitrogens with one attached hydrogen (secondary N) is 1. The van der Waals surface area contributed by atoms with Gasteiger partial charge in [0.2, 0.25) is 5.91 Å². The van der Waals surface area contributed by atoms with Crippen LogP contribution in [0.3, 0.4) is 0 Å². The monoisotopic (exact) mass is 205 g/mol. The lowest BCUT2D eigenvalue weighted by molar-refractivity contribution is -0.121. The summed E-state index contributed by atoms with van der Waals surface area (Å²) in [6.07, 6.45) is 5.45. The van der Waals surface area contributed by atoms with Crippen molar-refractivity contribution in [1.82, 2.24) is 10.4 Å². The van der Waals surface area contributed by atoms with Crippen LogP contribution in [0.15, 0.2) is 29.6 Å². The zero-order valence-electron chi connectivity index (χ0n) is 8.97. The van der Waals surface area contributed by atoms with Crippen LogP contribution in [0.5, 0.6) is 0 Å². The summed E-state index contributed by atoms with van der Waals surface area (Å²) in [4.78, 5) is 15.1. The second-order valence-corrected chi connectivity index (χ2v) is 3.67. The first kappa shape index (κ1) is 11.4. The molecular weight excluding hydrogens is 190 g/mol. The molecule has 0 atom stereocenters. The Bertz CT molecular complexity index is 333. The summed E-state index contributed by atoms with van der Waals surface area (Å²) in [7, 11) is 0. The van der Waals surface area contributed by atoms with Crippen LogP contribution in [0, 0.1) is 5.92 Å². The van der Waals surface area contributed by atoms with Gasteiger partial charge >= 0.3 is 0 Å². The van der Waals surface area contributed by atoms with Gasteiger partial charge in [-0.1, -0.05) is 13.8 Å². The minimum absolute atomic E-state index is 0.0599. The standard InChI is InChI=1S/C11H15N3O/c1-9(2)7-11(15)14-13-8-10-3-5-12-6-4-10/h3-6,8-9H,7H2,1-2H3,(H,14,15). The Hall–Kier alpha value is -1.71. The Morgan fingerprint density at radius 3 is 2.80 bits per heavy atom. The molecule has 0 aliphatic heterocycles. The number of nitrogens with zero attached hydrogens (tertiary/aromatic N) is 2. The first-order chi connectivity index (χ1) is 7.18. The van der Waals surface area contributed by atoms with Crippen molar-refractivity contribution in [2.24, 2.45) is 11.0 Å². The molecule has 4 heteroatoms. The molecule has 0 saturated carbocycles. The molecule has 1 amide bonds. The predicted molar refractivity (Wildman–Crippen MR) is 59.4 cm³/mol. The van der Waals surface area contributed by atoms with Gasteiger partial charge in [0.1, 0.15) is 0 Å². The lowest BCUT2D eigenvalue weighted by Gasteiger charge is -2.01. The van der Waals surface area contributed by atoms with E-state index < -0.39 is 0 Å². The highest BCUT2D eigenvalue weighted by Crippen LogP contribution is 1.97. The molecule has 0 bridgehead atoms. The van der Waals surface area contributed by atoms with Gasteiger partial charge in [0.05, 0.1) is 6.21 Å². The molecule has 1 aromatic heterocycles. The van der Waals surface area contributed by atoms with Crippen LogP contribution in [-0.4, -0.2) is 17.1 Å². The average molecular weight is 205 g/mol. The van der Waals surface area contributed by atoms with E-state index >= 15 is 0 Å². The summed E-state index contributed by atoms with van der Waals surface area (Å²) in [5, 5.41) is 3.84. The SMILES string of the molecule is CC(C)CC(=O)NN=Cc1ccncc1. The van der Waals surface area contributed by atoms with Gasteiger partial charge in [0, 0.05) is 18.8 Å². The number of hydrogen-bond donors (Lipinski definition) is 1. The van der Waals surface area contributed by atoms with Crippen LogP contribution in [0.4, 0.5) is 0 Å². The summed E-state index contributed by atoms with van der Waals surface area (Å²) in [6.45, 7) is 3.98. The van der Waals surface area contributed by atoms with E-state index in [9.17, 15) is 4.79 Å². The maximum absolute atomic E-state index is 11.2. The normalized spacial score (nSPS) is 10.9. The number of carbonyl (C=O) groups excluding carboxylic acids is 1. The average Bonchev–Trinajstić information content (AvgIpc) is 2.18. The number of pyridine rings is 1. The maximum atomic E-state index is 11.2. The molecule has 1 heterocycles. The smallest absolute Gasteiger partial charge is 0.240 e. The molecule has 15 heavy (non-hydrogen) atoms. The Balaban J connectivity index is 2.37. The van der Waals surface area contributed by atoms with Crippen molar-refractivity contribution in [3.8, 4) is 0 Å². The largest absolute Gasteiger partial charge is 0.273 e. The van der Waals surface area contributed by atoms with E-state index in [1.165, 1.54) is 0 Å². The Morgan fingerprint density at radius 2 is 2.20 bits per heavy atom. The van der Waals surface area contributed by atoms with Crippen molar-refractivity contribution in [3.05, 3.63) is 30.1 Å². The van der Waals surface area contributed by atoms with E-state index in [-0.39, 0.29) is 5.91 Å². The molecule has 0 aromatic carbocycles. The summed E-state index contributed by atoms with van der Waals surface area (Å²) in [5.74, 6) is 0.288. The van der Waals surface area contributed by atoms with Crippen molar-refractivity contribution in [3.63, 3.8) is 0 Å². The van der Waals surface area contributed by atoms with Crippen LogP contribution in [0.1, 0.15) is 25.8 Å². The van der Waals surface area contributed by atoms with Gasteiger partial charge in [-0.15, -0.1) is 0 Å². The second-order valence-electron chi connectivity index (χ2n) is 3.67. The van der Waals surface area contributed by atoms with Crippen molar-refractivity contribution in [2.75, 3.05) is 0 Å². The van der Waals surface area contributed by atoms with E-state index in [1.54, 1.807) is 18.6 Å². The van der Waals surface area contributed by atoms with E-state index in [4.69, 9.17) is 0 Å². The molecule has 0 radical (unpaired) electrons. The number of aromatic nitrogens is 1. The van der Waals surface area contributed by atoms with Crippen LogP contribution in [0.25, 0.3) is 0 Å². The fraction of sp³-hybridized carbons (Fsp3) is 0.364. The summed E-state index contributed by atoms with van der Waals surface area (Å²) in [5.41, 5.74) is 3.38. The highest BCUT2D eigenvalue weighted by atomic mass is 16.2. The van der Waals surface area contributed by atoms with Crippen molar-refractivity contribution in [1.29, 1.82) is 0 Å². The van der Waals surface area contributed by atoms with Gasteiger partial charge in [0.15, 0.2) is 0 Å². The van der Waals surface area contributed by atoms with Crippen molar-refractivity contribution < 1.29 is 4.79 Å². The van der Waals surface area contributed by atoms with Crippen molar-refractivity contribution >= 4 is 12.1 Å². The number of hydrogen-bond acceptors (Lipinski definition) is 3. The highest BCUT2D eigenvalue weighted by molar-refractivity contribution is 5.82. The van der Waals surface area contributed by atoms with Gasteiger partial charge in [-0.25, -0.2) is 5.43 Å². The van der Waals surface area contributed by atoms with Crippen LogP contribution < -0.4 is 5.43 Å².